The monoisotopic (exact) mass is 287 g/mol. The van der Waals surface area contributed by atoms with E-state index in [1.165, 1.54) is 16.7 Å². The van der Waals surface area contributed by atoms with Gasteiger partial charge in [0.15, 0.2) is 0 Å². The van der Waals surface area contributed by atoms with Crippen LogP contribution in [0.4, 0.5) is 0 Å². The first-order valence-electron chi connectivity index (χ1n) is 7.16. The van der Waals surface area contributed by atoms with E-state index in [0.29, 0.717) is 5.92 Å². The number of benzene rings is 2. The van der Waals surface area contributed by atoms with Gasteiger partial charge in [0.2, 0.25) is 0 Å². The second kappa shape index (κ2) is 7.47. The number of aryl methyl sites for hydroxylation is 1. The molecule has 2 heteroatoms. The van der Waals surface area contributed by atoms with Crippen molar-refractivity contribution in [2.24, 2.45) is 0 Å². The van der Waals surface area contributed by atoms with E-state index in [2.05, 4.69) is 48.6 Å². The second-order valence-corrected chi connectivity index (χ2v) is 5.66. The van der Waals surface area contributed by atoms with Crippen molar-refractivity contribution in [3.05, 3.63) is 70.2 Å². The van der Waals surface area contributed by atoms with Gasteiger partial charge in [-0.25, -0.2) is 0 Å². The Morgan fingerprint density at radius 1 is 1.05 bits per heavy atom. The van der Waals surface area contributed by atoms with Gasteiger partial charge in [-0.3, -0.25) is 0 Å². The maximum Gasteiger partial charge on any atom is 0.0443 e. The molecule has 1 atom stereocenters. The first-order valence-corrected chi connectivity index (χ1v) is 7.53. The third-order valence-corrected chi connectivity index (χ3v) is 4.08. The van der Waals surface area contributed by atoms with Crippen LogP contribution in [0, 0.1) is 6.92 Å². The Morgan fingerprint density at radius 2 is 1.80 bits per heavy atom. The number of nitrogens with one attached hydrogen (secondary N) is 1. The molecule has 0 saturated heterocycles. The molecule has 2 aromatic carbocycles. The van der Waals surface area contributed by atoms with Gasteiger partial charge in [0.1, 0.15) is 0 Å². The summed E-state index contributed by atoms with van der Waals surface area (Å²) in [5.41, 5.74) is 3.95. The zero-order valence-corrected chi connectivity index (χ0v) is 13.0. The first-order chi connectivity index (χ1) is 9.72. The number of halogens is 1. The minimum Gasteiger partial charge on any atom is -0.320 e. The number of hydrogen-bond acceptors (Lipinski definition) is 1. The zero-order chi connectivity index (χ0) is 14.4. The number of rotatable bonds is 6. The minimum atomic E-state index is 0.457. The Morgan fingerprint density at radius 3 is 2.45 bits per heavy atom. The summed E-state index contributed by atoms with van der Waals surface area (Å²) in [6.45, 7) is 3.15. The van der Waals surface area contributed by atoms with Gasteiger partial charge in [-0.1, -0.05) is 54.1 Å². The van der Waals surface area contributed by atoms with E-state index in [1.54, 1.807) is 0 Å². The summed E-state index contributed by atoms with van der Waals surface area (Å²) < 4.78 is 0. The predicted octanol–water partition coefficient (Wildman–Crippen LogP) is 4.58. The first kappa shape index (κ1) is 15.1. The van der Waals surface area contributed by atoms with Crippen LogP contribution in [0.25, 0.3) is 0 Å². The number of hydrogen-bond donors (Lipinski definition) is 1. The molecule has 1 N–H and O–H groups in total. The van der Waals surface area contributed by atoms with Crippen molar-refractivity contribution in [2.75, 3.05) is 13.6 Å². The van der Waals surface area contributed by atoms with Gasteiger partial charge in [-0.05, 0) is 62.0 Å². The van der Waals surface area contributed by atoms with Gasteiger partial charge in [0.05, 0.1) is 0 Å². The van der Waals surface area contributed by atoms with Gasteiger partial charge >= 0.3 is 0 Å². The molecule has 20 heavy (non-hydrogen) atoms. The van der Waals surface area contributed by atoms with Crippen molar-refractivity contribution >= 4 is 11.6 Å². The van der Waals surface area contributed by atoms with Gasteiger partial charge in [-0.2, -0.15) is 0 Å². The largest absolute Gasteiger partial charge is 0.320 e. The fourth-order valence-corrected chi connectivity index (χ4v) is 3.10. The summed E-state index contributed by atoms with van der Waals surface area (Å²) in [6.07, 6.45) is 2.13. The van der Waals surface area contributed by atoms with Crippen LogP contribution in [-0.4, -0.2) is 13.6 Å². The van der Waals surface area contributed by atoms with Gasteiger partial charge < -0.3 is 5.32 Å². The second-order valence-electron chi connectivity index (χ2n) is 5.25. The zero-order valence-electron chi connectivity index (χ0n) is 12.2. The molecule has 0 spiro atoms. The predicted molar refractivity (Wildman–Crippen MR) is 87.6 cm³/mol. The van der Waals surface area contributed by atoms with Gasteiger partial charge in [0, 0.05) is 5.02 Å². The van der Waals surface area contributed by atoms with E-state index in [9.17, 15) is 0 Å². The summed E-state index contributed by atoms with van der Waals surface area (Å²) in [5.74, 6) is 0.457. The van der Waals surface area contributed by atoms with Crippen LogP contribution in [0.15, 0.2) is 48.5 Å². The smallest absolute Gasteiger partial charge is 0.0443 e. The van der Waals surface area contributed by atoms with E-state index < -0.39 is 0 Å². The molecule has 2 aromatic rings. The molecule has 0 bridgehead atoms. The molecule has 0 fully saturated rings. The maximum absolute atomic E-state index is 6.45. The fraction of sp³-hybridized carbons (Fsp3) is 0.333. The molecule has 2 rings (SSSR count). The van der Waals surface area contributed by atoms with Crippen molar-refractivity contribution < 1.29 is 0 Å². The lowest BCUT2D eigenvalue weighted by atomic mass is 9.86. The Kier molecular flexibility index (Phi) is 5.63. The highest BCUT2D eigenvalue weighted by molar-refractivity contribution is 6.31. The Balaban J connectivity index is 2.27. The van der Waals surface area contributed by atoms with E-state index in [-0.39, 0.29) is 0 Å². The Hall–Kier alpha value is -1.31. The van der Waals surface area contributed by atoms with Crippen molar-refractivity contribution in [2.45, 2.75) is 25.7 Å². The quantitative estimate of drug-likeness (QED) is 0.820. The van der Waals surface area contributed by atoms with Crippen LogP contribution >= 0.6 is 11.6 Å². The normalized spacial score (nSPS) is 12.3. The molecule has 0 saturated carbocycles. The van der Waals surface area contributed by atoms with Crippen LogP contribution in [-0.2, 0) is 6.42 Å². The highest BCUT2D eigenvalue weighted by Crippen LogP contribution is 2.32. The molecule has 0 aliphatic heterocycles. The molecule has 0 aliphatic carbocycles. The Labute approximate surface area is 127 Å². The minimum absolute atomic E-state index is 0.457. The van der Waals surface area contributed by atoms with Crippen LogP contribution < -0.4 is 5.32 Å². The molecule has 1 nitrogen and oxygen atoms in total. The molecule has 0 radical (unpaired) electrons. The molecule has 106 valence electrons. The average Bonchev–Trinajstić information content (AvgIpc) is 2.45. The van der Waals surface area contributed by atoms with Crippen molar-refractivity contribution in [1.82, 2.24) is 5.32 Å². The third-order valence-electron chi connectivity index (χ3n) is 3.75. The summed E-state index contributed by atoms with van der Waals surface area (Å²) in [6, 6.07) is 16.8. The highest BCUT2D eigenvalue weighted by Gasteiger charge is 2.17. The average molecular weight is 288 g/mol. The molecule has 0 aromatic heterocycles. The van der Waals surface area contributed by atoms with E-state index in [0.717, 1.165) is 24.4 Å². The SMILES string of the molecule is CNCCC(Cc1ccccc1)c1c(C)cccc1Cl. The molecule has 0 aliphatic rings. The fourth-order valence-electron chi connectivity index (χ4n) is 2.73. The highest BCUT2D eigenvalue weighted by atomic mass is 35.5. The lowest BCUT2D eigenvalue weighted by molar-refractivity contribution is 0.591. The molecule has 0 amide bonds. The van der Waals surface area contributed by atoms with E-state index in [4.69, 9.17) is 11.6 Å². The molecule has 0 heterocycles. The summed E-state index contributed by atoms with van der Waals surface area (Å²) in [7, 11) is 2.00. The van der Waals surface area contributed by atoms with Gasteiger partial charge in [-0.15, -0.1) is 0 Å². The lowest BCUT2D eigenvalue weighted by Crippen LogP contribution is -2.15. The topological polar surface area (TPSA) is 12.0 Å². The van der Waals surface area contributed by atoms with Crippen molar-refractivity contribution in [3.8, 4) is 0 Å². The van der Waals surface area contributed by atoms with Crippen LogP contribution in [0.5, 0.6) is 0 Å². The molecular formula is C18H22ClN. The van der Waals surface area contributed by atoms with Crippen LogP contribution in [0.3, 0.4) is 0 Å². The summed E-state index contributed by atoms with van der Waals surface area (Å²) in [5, 5.41) is 4.14. The maximum atomic E-state index is 6.45. The summed E-state index contributed by atoms with van der Waals surface area (Å²) in [4.78, 5) is 0. The molecule has 1 unspecified atom stereocenters. The summed E-state index contributed by atoms with van der Waals surface area (Å²) >= 11 is 6.45. The third kappa shape index (κ3) is 3.84. The van der Waals surface area contributed by atoms with Crippen LogP contribution in [0.1, 0.15) is 29.0 Å². The molecular weight excluding hydrogens is 266 g/mol. The van der Waals surface area contributed by atoms with Crippen LogP contribution in [0.2, 0.25) is 5.02 Å². The van der Waals surface area contributed by atoms with Crippen molar-refractivity contribution in [3.63, 3.8) is 0 Å². The van der Waals surface area contributed by atoms with E-state index >= 15 is 0 Å². The Bertz CT molecular complexity index is 516. The van der Waals surface area contributed by atoms with Gasteiger partial charge in [0.25, 0.3) is 0 Å². The van der Waals surface area contributed by atoms with Crippen molar-refractivity contribution in [1.29, 1.82) is 0 Å². The standard InChI is InChI=1S/C18H22ClN/c1-14-7-6-10-17(19)18(14)16(11-12-20-2)13-15-8-4-3-5-9-15/h3-10,16,20H,11-13H2,1-2H3. The lowest BCUT2D eigenvalue weighted by Gasteiger charge is -2.21. The van der Waals surface area contributed by atoms with E-state index in [1.807, 2.05) is 19.2 Å².